The molecule has 0 saturated heterocycles. The lowest BCUT2D eigenvalue weighted by atomic mass is 9.91. The van der Waals surface area contributed by atoms with Gasteiger partial charge in [-0.15, -0.1) is 0 Å². The number of aromatic nitrogens is 2. The van der Waals surface area contributed by atoms with Gasteiger partial charge < -0.3 is 19.5 Å². The van der Waals surface area contributed by atoms with Crippen LogP contribution < -0.4 is 19.7 Å². The summed E-state index contributed by atoms with van der Waals surface area (Å²) in [7, 11) is 3.03. The number of amides is 2. The molecular weight excluding hydrogens is 464 g/mol. The van der Waals surface area contributed by atoms with Gasteiger partial charge in [-0.05, 0) is 50.7 Å². The molecule has 1 N–H and O–H groups in total. The van der Waals surface area contributed by atoms with Crippen LogP contribution in [-0.4, -0.2) is 60.0 Å². The summed E-state index contributed by atoms with van der Waals surface area (Å²) in [5.41, 5.74) is -0.592. The molecule has 1 aromatic heterocycles. The first kappa shape index (κ1) is 25.5. The zero-order valence-corrected chi connectivity index (χ0v) is 21.7. The summed E-state index contributed by atoms with van der Waals surface area (Å²) in [6, 6.07) is 6.47. The minimum Gasteiger partial charge on any atom is -0.497 e. The molecule has 2 aromatic rings. The number of carbonyl (C=O) groups excluding carboxylic acids is 3. The molecule has 1 saturated carbocycles. The van der Waals surface area contributed by atoms with E-state index in [1.165, 1.54) is 29.9 Å². The summed E-state index contributed by atoms with van der Waals surface area (Å²) in [4.78, 5) is 41.6. The van der Waals surface area contributed by atoms with Gasteiger partial charge in [0.1, 0.15) is 22.7 Å². The second kappa shape index (κ2) is 9.48. The van der Waals surface area contributed by atoms with Crippen molar-refractivity contribution in [2.45, 2.75) is 65.1 Å². The Hall–Kier alpha value is -3.56. The summed E-state index contributed by atoms with van der Waals surface area (Å²) in [5.74, 6) is -0.469. The summed E-state index contributed by atoms with van der Waals surface area (Å²) >= 11 is 0. The number of hydrogen-bond acceptors (Lipinski definition) is 7. The molecule has 1 aliphatic heterocycles. The first-order chi connectivity index (χ1) is 17.0. The Labute approximate surface area is 210 Å². The second-order valence-electron chi connectivity index (χ2n) is 10.3. The molecule has 1 aliphatic carbocycles. The van der Waals surface area contributed by atoms with E-state index in [9.17, 15) is 14.4 Å². The summed E-state index contributed by atoms with van der Waals surface area (Å²) in [5, 5.41) is 7.49. The average Bonchev–Trinajstić information content (AvgIpc) is 3.41. The highest BCUT2D eigenvalue weighted by molar-refractivity contribution is 6.13. The van der Waals surface area contributed by atoms with Gasteiger partial charge in [-0.25, -0.2) is 4.79 Å². The Morgan fingerprint density at radius 3 is 2.53 bits per heavy atom. The fourth-order valence-electron chi connectivity index (χ4n) is 5.13. The van der Waals surface area contributed by atoms with Crippen LogP contribution in [0, 0.1) is 5.41 Å². The van der Waals surface area contributed by atoms with Crippen molar-refractivity contribution in [3.05, 3.63) is 35.7 Å². The Balaban J connectivity index is 1.79. The van der Waals surface area contributed by atoms with Crippen molar-refractivity contribution in [1.82, 2.24) is 15.1 Å². The van der Waals surface area contributed by atoms with Crippen molar-refractivity contribution < 1.29 is 28.6 Å². The lowest BCUT2D eigenvalue weighted by Gasteiger charge is -2.44. The fraction of sp³-hybridized carbons (Fsp3) is 0.538. The number of methoxy groups -OCH3 is 2. The molecule has 36 heavy (non-hydrogen) atoms. The summed E-state index contributed by atoms with van der Waals surface area (Å²) < 4.78 is 17.4. The van der Waals surface area contributed by atoms with Gasteiger partial charge in [-0.1, -0.05) is 13.8 Å². The van der Waals surface area contributed by atoms with Gasteiger partial charge in [0.25, 0.3) is 5.91 Å². The van der Waals surface area contributed by atoms with Crippen molar-refractivity contribution in [3.8, 4) is 11.5 Å². The Kier molecular flexibility index (Phi) is 6.72. The molecule has 2 amide bonds. The van der Waals surface area contributed by atoms with E-state index >= 15 is 0 Å². The molecule has 2 unspecified atom stereocenters. The first-order valence-corrected chi connectivity index (χ1v) is 12.2. The van der Waals surface area contributed by atoms with Gasteiger partial charge in [0.15, 0.2) is 5.69 Å². The molecule has 0 radical (unpaired) electrons. The van der Waals surface area contributed by atoms with Gasteiger partial charge in [0, 0.05) is 18.2 Å². The van der Waals surface area contributed by atoms with E-state index < -0.39 is 17.4 Å². The average molecular weight is 499 g/mol. The van der Waals surface area contributed by atoms with Crippen LogP contribution in [0.15, 0.2) is 24.3 Å². The number of nitrogens with one attached hydrogen (secondary N) is 1. The highest BCUT2D eigenvalue weighted by Crippen LogP contribution is 2.41. The number of nitrogens with zero attached hydrogens (tertiary/aromatic N) is 3. The predicted octanol–water partition coefficient (Wildman–Crippen LogP) is 3.19. The number of esters is 1. The predicted molar refractivity (Wildman–Crippen MR) is 133 cm³/mol. The zero-order valence-electron chi connectivity index (χ0n) is 21.7. The van der Waals surface area contributed by atoms with Gasteiger partial charge in [0.2, 0.25) is 5.91 Å². The molecule has 0 spiro atoms. The lowest BCUT2D eigenvalue weighted by Crippen LogP contribution is -2.65. The van der Waals surface area contributed by atoms with E-state index in [1.54, 1.807) is 32.0 Å². The minimum absolute atomic E-state index is 0.00755. The maximum atomic E-state index is 13.9. The monoisotopic (exact) mass is 498 g/mol. The van der Waals surface area contributed by atoms with Crippen molar-refractivity contribution >= 4 is 23.5 Å². The quantitative estimate of drug-likeness (QED) is 0.584. The minimum atomic E-state index is -1.35. The molecule has 2 aliphatic rings. The third-order valence-corrected chi connectivity index (χ3v) is 7.06. The molecule has 1 aromatic carbocycles. The van der Waals surface area contributed by atoms with Crippen LogP contribution in [0.1, 0.15) is 67.9 Å². The van der Waals surface area contributed by atoms with Gasteiger partial charge in [-0.3, -0.25) is 19.2 Å². The third-order valence-electron chi connectivity index (χ3n) is 7.06. The van der Waals surface area contributed by atoms with E-state index in [4.69, 9.17) is 14.2 Å². The van der Waals surface area contributed by atoms with Crippen LogP contribution in [0.4, 0.5) is 5.69 Å². The van der Waals surface area contributed by atoms with Gasteiger partial charge >= 0.3 is 5.97 Å². The largest absolute Gasteiger partial charge is 0.497 e. The second-order valence-corrected chi connectivity index (χ2v) is 10.3. The highest BCUT2D eigenvalue weighted by Gasteiger charge is 2.51. The summed E-state index contributed by atoms with van der Waals surface area (Å²) in [6.07, 6.45) is 2.74. The molecular formula is C26H34N4O6. The molecule has 10 heteroatoms. The van der Waals surface area contributed by atoms with Crippen LogP contribution in [0.3, 0.4) is 0 Å². The topological polar surface area (TPSA) is 112 Å². The molecule has 2 atom stereocenters. The highest BCUT2D eigenvalue weighted by atomic mass is 16.5. The number of fused-ring (bicyclic) bond motifs is 1. The van der Waals surface area contributed by atoms with E-state index in [1.807, 2.05) is 0 Å². The van der Waals surface area contributed by atoms with Crippen molar-refractivity contribution in [2.75, 3.05) is 25.7 Å². The third kappa shape index (κ3) is 4.52. The van der Waals surface area contributed by atoms with Crippen molar-refractivity contribution in [2.24, 2.45) is 5.41 Å². The lowest BCUT2D eigenvalue weighted by molar-refractivity contribution is -0.127. The molecule has 194 valence electrons. The smallest absolute Gasteiger partial charge is 0.358 e. The maximum Gasteiger partial charge on any atom is 0.358 e. The molecule has 4 rings (SSSR count). The van der Waals surface area contributed by atoms with Crippen LogP contribution >= 0.6 is 0 Å². The number of rotatable bonds is 7. The fourth-order valence-corrected chi connectivity index (χ4v) is 5.13. The molecule has 2 heterocycles. The molecule has 1 fully saturated rings. The van der Waals surface area contributed by atoms with E-state index in [0.29, 0.717) is 17.2 Å². The number of ether oxygens (including phenoxy) is 3. The first-order valence-electron chi connectivity index (χ1n) is 12.2. The Morgan fingerprint density at radius 2 is 1.92 bits per heavy atom. The van der Waals surface area contributed by atoms with Gasteiger partial charge in [-0.2, -0.15) is 5.10 Å². The number of benzene rings is 1. The van der Waals surface area contributed by atoms with Crippen LogP contribution in [0.2, 0.25) is 0 Å². The Bertz CT molecular complexity index is 1190. The SMILES string of the molecule is CCOC(=O)c1cc2n(n1)CC(C)(C(=O)NC1CCC(C)(C)C1)N(c1ccc(OC)cc1OC)C2=O. The van der Waals surface area contributed by atoms with Crippen molar-refractivity contribution in [1.29, 1.82) is 0 Å². The number of anilines is 1. The molecule has 10 nitrogen and oxygen atoms in total. The number of carbonyl (C=O) groups is 3. The normalized spacial score (nSPS) is 22.7. The van der Waals surface area contributed by atoms with Crippen LogP contribution in [0.25, 0.3) is 0 Å². The van der Waals surface area contributed by atoms with Crippen LogP contribution in [-0.2, 0) is 16.1 Å². The van der Waals surface area contributed by atoms with E-state index in [2.05, 4.69) is 24.3 Å². The van der Waals surface area contributed by atoms with Crippen LogP contribution in [0.5, 0.6) is 11.5 Å². The molecule has 0 bridgehead atoms. The maximum absolute atomic E-state index is 13.9. The zero-order chi connectivity index (χ0) is 26.3. The van der Waals surface area contributed by atoms with E-state index in [0.717, 1.165) is 19.3 Å². The summed E-state index contributed by atoms with van der Waals surface area (Å²) in [6.45, 7) is 8.01. The van der Waals surface area contributed by atoms with Crippen molar-refractivity contribution in [3.63, 3.8) is 0 Å². The Morgan fingerprint density at radius 1 is 1.17 bits per heavy atom. The number of hydrogen-bond donors (Lipinski definition) is 1. The van der Waals surface area contributed by atoms with Gasteiger partial charge in [0.05, 0.1) is 33.1 Å². The van der Waals surface area contributed by atoms with E-state index in [-0.39, 0.29) is 41.9 Å². The standard InChI is InChI=1S/C26H34N4O6/c1-7-36-23(32)18-13-20-22(31)30(19-9-8-17(34-5)12-21(19)35-6)26(4,15-29(20)28-18)24(33)27-16-10-11-25(2,3)14-16/h8-9,12-13,16H,7,10-11,14-15H2,1-6H3,(H,27,33).